The van der Waals surface area contributed by atoms with Crippen LogP contribution >= 0.6 is 0 Å². The van der Waals surface area contributed by atoms with Gasteiger partial charge < -0.3 is 2.85 Å². The van der Waals surface area contributed by atoms with E-state index in [1.807, 2.05) is 0 Å². The second-order valence-electron chi connectivity index (χ2n) is 0. The van der Waals surface area contributed by atoms with Crippen molar-refractivity contribution in [3.63, 3.8) is 0 Å². The van der Waals surface area contributed by atoms with Gasteiger partial charge in [0.05, 0.1) is 0 Å². The molecule has 0 aliphatic heterocycles. The molecule has 0 saturated carbocycles. The first kappa shape index (κ1) is 24.9. The Hall–Kier alpha value is 3.84. The van der Waals surface area contributed by atoms with Crippen molar-refractivity contribution in [1.82, 2.24) is 0 Å². The van der Waals surface area contributed by atoms with Crippen molar-refractivity contribution in [3.05, 3.63) is 0 Å². The molecule has 0 bridgehead atoms. The second-order valence-corrected chi connectivity index (χ2v) is 0. The summed E-state index contributed by atoms with van der Waals surface area (Å²) in [5.74, 6) is 0. The molecular weight excluding hydrogens is 540 g/mol. The molecule has 0 aromatic heterocycles. The minimum absolute atomic E-state index is 0. The van der Waals surface area contributed by atoms with Crippen molar-refractivity contribution >= 4 is 118 Å². The molecule has 0 amide bonds. The molecule has 0 aromatic carbocycles. The molecule has 0 aromatic rings. The van der Waals surface area contributed by atoms with Gasteiger partial charge in [-0.15, -0.1) is 0 Å². The van der Waals surface area contributed by atoms with Crippen molar-refractivity contribution in [2.24, 2.45) is 0 Å². The van der Waals surface area contributed by atoms with Crippen LogP contribution in [0.2, 0.25) is 0 Å². The van der Waals surface area contributed by atoms with Crippen molar-refractivity contribution in [3.8, 4) is 0 Å². The predicted octanol–water partition coefficient (Wildman–Crippen LogP) is -3.44. The van der Waals surface area contributed by atoms with Gasteiger partial charge in [-0.1, -0.05) is 0 Å². The molecule has 0 rings (SSSR count). The van der Waals surface area contributed by atoms with E-state index in [4.69, 9.17) is 0 Å². The molecule has 4 heteroatoms. The summed E-state index contributed by atoms with van der Waals surface area (Å²) in [5, 5.41) is 0. The Labute approximate surface area is 118 Å². The Bertz CT molecular complexity index is 13.5. The predicted molar refractivity (Wildman–Crippen MR) is 36.4 cm³/mol. The number of rotatable bonds is 0. The zero-order valence-corrected chi connectivity index (χ0v) is 14.0. The second kappa shape index (κ2) is 15.8. The molecule has 0 aliphatic rings. The van der Waals surface area contributed by atoms with Crippen LogP contribution in [0.1, 0.15) is 2.85 Å². The maximum atomic E-state index is 0. The van der Waals surface area contributed by atoms with Crippen LogP contribution in [-0.2, 0) is 0 Å². The van der Waals surface area contributed by atoms with E-state index in [1.54, 1.807) is 0 Å². The van der Waals surface area contributed by atoms with E-state index in [1.165, 1.54) is 0 Å². The first-order valence-corrected chi connectivity index (χ1v) is 0. The van der Waals surface area contributed by atoms with Crippen LogP contribution in [0.4, 0.5) is 0 Å². The van der Waals surface area contributed by atoms with Gasteiger partial charge in [-0.25, -0.2) is 0 Å². The fraction of sp³-hybridized carbons (Fsp3) is 0. The third-order valence-electron chi connectivity index (χ3n) is 0. The normalized spacial score (nSPS) is 0. The fourth-order valence-corrected chi connectivity index (χ4v) is 0. The summed E-state index contributed by atoms with van der Waals surface area (Å²) in [7, 11) is 0. The van der Waals surface area contributed by atoms with Gasteiger partial charge in [-0.3, -0.25) is 0 Å². The summed E-state index contributed by atoms with van der Waals surface area (Å²) in [5.41, 5.74) is 0. The maximum absolute atomic E-state index is 0. The molecule has 26 valence electrons. The first-order valence-electron chi connectivity index (χ1n) is 0. The Morgan fingerprint density at radius 1 is 1.25 bits per heavy atom. The van der Waals surface area contributed by atoms with Gasteiger partial charge >= 0.3 is 118 Å². The SMILES string of the molecule is [Ba+2].[BiH3].[H-].[H-].[InH3].[SeH2]. The van der Waals surface area contributed by atoms with E-state index in [9.17, 15) is 0 Å². The Morgan fingerprint density at radius 2 is 1.25 bits per heavy atom. The van der Waals surface area contributed by atoms with Gasteiger partial charge in [-0.05, 0) is 0 Å². The first-order chi connectivity index (χ1) is 0. The molecule has 0 heterocycles. The third kappa shape index (κ3) is 9.28. The molecule has 0 atom stereocenters. The molecular formula is H10BaBiInSe. The van der Waals surface area contributed by atoms with Crippen LogP contribution < -0.4 is 0 Å². The topological polar surface area (TPSA) is 0 Å². The van der Waals surface area contributed by atoms with Crippen LogP contribution in [0.25, 0.3) is 0 Å². The molecule has 0 aliphatic carbocycles. The monoisotopic (exact) mass is 552 g/mol. The van der Waals surface area contributed by atoms with E-state index in [2.05, 4.69) is 0 Å². The van der Waals surface area contributed by atoms with E-state index >= 15 is 0 Å². The van der Waals surface area contributed by atoms with Gasteiger partial charge in [0.1, 0.15) is 0 Å². The van der Waals surface area contributed by atoms with Gasteiger partial charge in [0, 0.05) is 0 Å². The summed E-state index contributed by atoms with van der Waals surface area (Å²) >= 11 is 0. The number of hydrogen-bond acceptors (Lipinski definition) is 0. The average molecular weight is 550 g/mol. The van der Waals surface area contributed by atoms with Crippen LogP contribution in [-0.4, -0.2) is 118 Å². The van der Waals surface area contributed by atoms with Crippen molar-refractivity contribution < 1.29 is 2.85 Å². The summed E-state index contributed by atoms with van der Waals surface area (Å²) in [6.45, 7) is 0. The fourth-order valence-electron chi connectivity index (χ4n) is 0. The third-order valence-corrected chi connectivity index (χ3v) is 0. The van der Waals surface area contributed by atoms with E-state index < -0.39 is 0 Å². The molecule has 0 nitrogen and oxygen atoms in total. The summed E-state index contributed by atoms with van der Waals surface area (Å²) in [4.78, 5) is 0. The van der Waals surface area contributed by atoms with Crippen molar-refractivity contribution in [2.75, 3.05) is 0 Å². The molecule has 0 unspecified atom stereocenters. The summed E-state index contributed by atoms with van der Waals surface area (Å²) in [6.07, 6.45) is 0. The van der Waals surface area contributed by atoms with E-state index in [0.717, 1.165) is 0 Å². The van der Waals surface area contributed by atoms with Crippen LogP contribution in [0, 0.1) is 0 Å². The quantitative estimate of drug-likeness (QED) is 0.276. The van der Waals surface area contributed by atoms with Crippen LogP contribution in [0.15, 0.2) is 0 Å². The van der Waals surface area contributed by atoms with E-state index in [0.29, 0.717) is 0 Å². The van der Waals surface area contributed by atoms with Crippen LogP contribution in [0.3, 0.4) is 0 Å². The standard InChI is InChI=1S/Ba.Bi.In.H2Se.8H/h;;;1H2;;;;;;;;/q+2;;;;;;;;;;2*-1. The van der Waals surface area contributed by atoms with E-state index in [-0.39, 0.29) is 121 Å². The van der Waals surface area contributed by atoms with Gasteiger partial charge in [0.15, 0.2) is 0 Å². The van der Waals surface area contributed by atoms with Gasteiger partial charge in [-0.2, -0.15) is 0 Å². The Kier molecular flexibility index (Phi) is 98.3. The molecule has 0 N–H and O–H groups in total. The molecule has 4 heavy (non-hydrogen) atoms. The molecule has 0 saturated heterocycles. The zero-order chi connectivity index (χ0) is 0. The Balaban J connectivity index is 0. The molecule has 0 fully saturated rings. The van der Waals surface area contributed by atoms with Crippen LogP contribution in [0.5, 0.6) is 0 Å². The van der Waals surface area contributed by atoms with Crippen molar-refractivity contribution in [2.45, 2.75) is 0 Å². The zero-order valence-electron chi connectivity index (χ0n) is 3.91. The molecule has 0 radical (unpaired) electrons. The van der Waals surface area contributed by atoms with Gasteiger partial charge in [0.25, 0.3) is 0 Å². The average Bonchev–Trinajstić information content (AvgIpc) is 0. The Morgan fingerprint density at radius 3 is 1.25 bits per heavy atom. The number of hydrogen-bond donors (Lipinski definition) is 0. The van der Waals surface area contributed by atoms with Gasteiger partial charge in [0.2, 0.25) is 0 Å². The summed E-state index contributed by atoms with van der Waals surface area (Å²) < 4.78 is 0. The summed E-state index contributed by atoms with van der Waals surface area (Å²) in [6, 6.07) is 0. The molecule has 0 spiro atoms. The van der Waals surface area contributed by atoms with Crippen molar-refractivity contribution in [1.29, 1.82) is 0 Å². The minimum atomic E-state index is 0.